The topological polar surface area (TPSA) is 63.7 Å². The zero-order chi connectivity index (χ0) is 15.5. The minimum atomic E-state index is -0.204. The molecule has 6 heteroatoms. The van der Waals surface area contributed by atoms with Crippen LogP contribution in [0.15, 0.2) is 36.4 Å². The van der Waals surface area contributed by atoms with E-state index in [-0.39, 0.29) is 6.03 Å². The van der Waals surface area contributed by atoms with Gasteiger partial charge in [-0.25, -0.2) is 4.79 Å². The second kappa shape index (κ2) is 5.93. The molecule has 2 amide bonds. The highest BCUT2D eigenvalue weighted by Crippen LogP contribution is 2.31. The first-order valence-corrected chi connectivity index (χ1v) is 6.98. The van der Waals surface area contributed by atoms with Gasteiger partial charge in [-0.1, -0.05) is 6.07 Å². The summed E-state index contributed by atoms with van der Waals surface area (Å²) >= 11 is 0. The van der Waals surface area contributed by atoms with E-state index in [1.54, 1.807) is 30.2 Å². The van der Waals surface area contributed by atoms with Crippen molar-refractivity contribution < 1.29 is 14.3 Å². The van der Waals surface area contributed by atoms with E-state index in [1.165, 1.54) is 7.11 Å². The zero-order valence-electron chi connectivity index (χ0n) is 12.5. The molecule has 3 rings (SSSR count). The number of hydrogen-bond donors (Lipinski definition) is 1. The van der Waals surface area contributed by atoms with Gasteiger partial charge in [0, 0.05) is 18.3 Å². The van der Waals surface area contributed by atoms with Crippen LogP contribution in [0.1, 0.15) is 5.56 Å². The summed E-state index contributed by atoms with van der Waals surface area (Å²) in [6.07, 6.45) is 0.811. The number of nitrogens with zero attached hydrogens (tertiary/aromatic N) is 2. The van der Waals surface area contributed by atoms with E-state index in [1.807, 2.05) is 18.2 Å². The second-order valence-electron chi connectivity index (χ2n) is 4.89. The molecule has 22 heavy (non-hydrogen) atoms. The van der Waals surface area contributed by atoms with Crippen LogP contribution in [0.25, 0.3) is 0 Å². The van der Waals surface area contributed by atoms with Gasteiger partial charge in [-0.3, -0.25) is 10.2 Å². The number of nitrogens with one attached hydrogen (secondary N) is 1. The maximum atomic E-state index is 12.4. The first-order valence-electron chi connectivity index (χ1n) is 6.98. The van der Waals surface area contributed by atoms with Crippen LogP contribution >= 0.6 is 0 Å². The van der Waals surface area contributed by atoms with Gasteiger partial charge in [0.1, 0.15) is 11.6 Å². The number of pyridine rings is 1. The lowest BCUT2D eigenvalue weighted by molar-refractivity contribution is 0.257. The normalized spacial score (nSPS) is 12.7. The fourth-order valence-electron chi connectivity index (χ4n) is 2.49. The maximum Gasteiger partial charge on any atom is 0.327 e. The highest BCUT2D eigenvalue weighted by atomic mass is 16.5. The largest absolute Gasteiger partial charge is 0.497 e. The summed E-state index contributed by atoms with van der Waals surface area (Å²) in [5.41, 5.74) is 2.01. The third-order valence-electron chi connectivity index (χ3n) is 3.60. The Balaban J connectivity index is 1.77. The summed E-state index contributed by atoms with van der Waals surface area (Å²) < 4.78 is 10.3. The SMILES string of the molecule is COc1ccc2c(c1)CCN2C(=O)Nc1cccc(OC)n1. The molecule has 0 atom stereocenters. The molecule has 0 aliphatic carbocycles. The molecule has 1 aliphatic rings. The Hall–Kier alpha value is -2.76. The lowest BCUT2D eigenvalue weighted by Crippen LogP contribution is -2.33. The highest BCUT2D eigenvalue weighted by Gasteiger charge is 2.25. The highest BCUT2D eigenvalue weighted by molar-refractivity contribution is 6.02. The Morgan fingerprint density at radius 3 is 2.86 bits per heavy atom. The number of rotatable bonds is 3. The molecule has 114 valence electrons. The van der Waals surface area contributed by atoms with Crippen LogP contribution in [0.3, 0.4) is 0 Å². The summed E-state index contributed by atoms with van der Waals surface area (Å²) in [6, 6.07) is 10.8. The predicted molar refractivity (Wildman–Crippen MR) is 83.9 cm³/mol. The minimum absolute atomic E-state index is 0.204. The molecule has 1 aliphatic heterocycles. The average Bonchev–Trinajstić information content (AvgIpc) is 2.98. The first kappa shape index (κ1) is 14.2. The molecule has 2 aromatic rings. The molecule has 2 heterocycles. The van der Waals surface area contributed by atoms with Gasteiger partial charge in [-0.2, -0.15) is 4.98 Å². The predicted octanol–water partition coefficient (Wildman–Crippen LogP) is 2.69. The van der Waals surface area contributed by atoms with E-state index in [0.717, 1.165) is 23.4 Å². The fourth-order valence-corrected chi connectivity index (χ4v) is 2.49. The fraction of sp³-hybridized carbons (Fsp3) is 0.250. The third kappa shape index (κ3) is 2.67. The van der Waals surface area contributed by atoms with Crippen molar-refractivity contribution in [1.82, 2.24) is 4.98 Å². The Bertz CT molecular complexity index is 703. The van der Waals surface area contributed by atoms with Gasteiger partial charge < -0.3 is 9.47 Å². The smallest absolute Gasteiger partial charge is 0.327 e. The summed E-state index contributed by atoms with van der Waals surface area (Å²) in [4.78, 5) is 18.3. The Morgan fingerprint density at radius 2 is 2.09 bits per heavy atom. The average molecular weight is 299 g/mol. The van der Waals surface area contributed by atoms with Gasteiger partial charge in [-0.05, 0) is 36.2 Å². The van der Waals surface area contributed by atoms with Gasteiger partial charge in [0.25, 0.3) is 0 Å². The Kier molecular flexibility index (Phi) is 3.82. The van der Waals surface area contributed by atoms with Gasteiger partial charge >= 0.3 is 6.03 Å². The van der Waals surface area contributed by atoms with Crippen molar-refractivity contribution in [3.63, 3.8) is 0 Å². The zero-order valence-corrected chi connectivity index (χ0v) is 12.5. The summed E-state index contributed by atoms with van der Waals surface area (Å²) in [6.45, 7) is 0.637. The number of amides is 2. The van der Waals surface area contributed by atoms with Crippen molar-refractivity contribution in [2.45, 2.75) is 6.42 Å². The van der Waals surface area contributed by atoms with Crippen LogP contribution in [-0.4, -0.2) is 31.8 Å². The quantitative estimate of drug-likeness (QED) is 0.946. The van der Waals surface area contributed by atoms with Crippen LogP contribution in [0, 0.1) is 0 Å². The number of benzene rings is 1. The number of methoxy groups -OCH3 is 2. The molecule has 1 N–H and O–H groups in total. The van der Waals surface area contributed by atoms with Crippen molar-refractivity contribution >= 4 is 17.5 Å². The van der Waals surface area contributed by atoms with E-state index >= 15 is 0 Å². The molecule has 0 radical (unpaired) electrons. The monoisotopic (exact) mass is 299 g/mol. The van der Waals surface area contributed by atoms with Crippen LogP contribution in [0.2, 0.25) is 0 Å². The summed E-state index contributed by atoms with van der Waals surface area (Å²) in [7, 11) is 3.17. The van der Waals surface area contributed by atoms with E-state index in [0.29, 0.717) is 18.2 Å². The number of carbonyl (C=O) groups excluding carboxylic acids is 1. The molecule has 1 aromatic carbocycles. The van der Waals surface area contributed by atoms with Crippen molar-refractivity contribution in [2.24, 2.45) is 0 Å². The number of anilines is 2. The van der Waals surface area contributed by atoms with Crippen LogP contribution in [0.4, 0.5) is 16.3 Å². The van der Waals surface area contributed by atoms with E-state index in [4.69, 9.17) is 9.47 Å². The number of urea groups is 1. The molecule has 0 unspecified atom stereocenters. The van der Waals surface area contributed by atoms with Crippen molar-refractivity contribution in [1.29, 1.82) is 0 Å². The standard InChI is InChI=1S/C16H17N3O3/c1-21-12-6-7-13-11(10-12)8-9-19(13)16(20)18-14-4-3-5-15(17-14)22-2/h3-7,10H,8-9H2,1-2H3,(H,17,18,20). The minimum Gasteiger partial charge on any atom is -0.497 e. The summed E-state index contributed by atoms with van der Waals surface area (Å²) in [5, 5.41) is 2.79. The number of ether oxygens (including phenoxy) is 2. The van der Waals surface area contributed by atoms with Gasteiger partial charge in [0.15, 0.2) is 0 Å². The van der Waals surface area contributed by atoms with Gasteiger partial charge in [0.05, 0.1) is 14.2 Å². The van der Waals surface area contributed by atoms with Crippen LogP contribution in [0.5, 0.6) is 11.6 Å². The third-order valence-corrected chi connectivity index (χ3v) is 3.60. The molecular weight excluding hydrogens is 282 g/mol. The Labute approximate surface area is 128 Å². The molecule has 6 nitrogen and oxygen atoms in total. The van der Waals surface area contributed by atoms with Gasteiger partial charge in [0.2, 0.25) is 5.88 Å². The summed E-state index contributed by atoms with van der Waals surface area (Å²) in [5.74, 6) is 1.73. The molecule has 0 saturated heterocycles. The second-order valence-corrected chi connectivity index (χ2v) is 4.89. The lowest BCUT2D eigenvalue weighted by atomic mass is 10.1. The number of fused-ring (bicyclic) bond motifs is 1. The van der Waals surface area contributed by atoms with E-state index in [9.17, 15) is 4.79 Å². The molecule has 1 aromatic heterocycles. The number of aromatic nitrogens is 1. The molecule has 0 spiro atoms. The number of hydrogen-bond acceptors (Lipinski definition) is 4. The number of carbonyl (C=O) groups is 1. The molecule has 0 fully saturated rings. The molecular formula is C16H17N3O3. The van der Waals surface area contributed by atoms with E-state index < -0.39 is 0 Å². The lowest BCUT2D eigenvalue weighted by Gasteiger charge is -2.18. The molecule has 0 bridgehead atoms. The molecule has 0 saturated carbocycles. The van der Waals surface area contributed by atoms with Gasteiger partial charge in [-0.15, -0.1) is 0 Å². The Morgan fingerprint density at radius 1 is 1.23 bits per heavy atom. The first-order chi connectivity index (χ1) is 10.7. The maximum absolute atomic E-state index is 12.4. The van der Waals surface area contributed by atoms with Crippen molar-refractivity contribution in [3.8, 4) is 11.6 Å². The van der Waals surface area contributed by atoms with Crippen molar-refractivity contribution in [3.05, 3.63) is 42.0 Å². The van der Waals surface area contributed by atoms with Crippen LogP contribution < -0.4 is 19.7 Å². The van der Waals surface area contributed by atoms with Crippen LogP contribution in [-0.2, 0) is 6.42 Å². The van der Waals surface area contributed by atoms with Crippen molar-refractivity contribution in [2.75, 3.05) is 31.0 Å². The van der Waals surface area contributed by atoms with E-state index in [2.05, 4.69) is 10.3 Å².